The minimum absolute atomic E-state index is 0.171. The highest BCUT2D eigenvalue weighted by Crippen LogP contribution is 2.26. The van der Waals surface area contributed by atoms with Gasteiger partial charge >= 0.3 is 0 Å². The maximum absolute atomic E-state index is 12.1. The molecule has 1 unspecified atom stereocenters. The lowest BCUT2D eigenvalue weighted by Gasteiger charge is -2.30. The van der Waals surface area contributed by atoms with Crippen LogP contribution in [0.15, 0.2) is 12.1 Å². The number of carbonyl (C=O) groups is 1. The van der Waals surface area contributed by atoms with Gasteiger partial charge in [0.15, 0.2) is 0 Å². The summed E-state index contributed by atoms with van der Waals surface area (Å²) in [5.74, 6) is 0.761. The number of amides is 1. The van der Waals surface area contributed by atoms with Gasteiger partial charge < -0.3 is 11.1 Å². The first-order valence-electron chi connectivity index (χ1n) is 8.24. The molecule has 1 aromatic rings. The summed E-state index contributed by atoms with van der Waals surface area (Å²) in [5, 5.41) is 3.17. The van der Waals surface area contributed by atoms with Crippen molar-refractivity contribution in [1.82, 2.24) is 5.32 Å². The third-order valence-electron chi connectivity index (χ3n) is 4.44. The summed E-state index contributed by atoms with van der Waals surface area (Å²) in [5.41, 5.74) is 5.86. The van der Waals surface area contributed by atoms with Crippen LogP contribution in [0.5, 0.6) is 0 Å². The summed E-state index contributed by atoms with van der Waals surface area (Å²) < 4.78 is 0. The van der Waals surface area contributed by atoms with Crippen LogP contribution in [0.4, 0.5) is 0 Å². The smallest absolute Gasteiger partial charge is 0.220 e. The Kier molecular flexibility index (Phi) is 6.71. The van der Waals surface area contributed by atoms with Gasteiger partial charge in [0.25, 0.3) is 0 Å². The van der Waals surface area contributed by atoms with Crippen LogP contribution >= 0.6 is 11.3 Å². The SMILES string of the molecule is Cc1ccc(CCCC(=O)NC(CN)C2CCCCC2)s1. The molecule has 1 aliphatic carbocycles. The average Bonchev–Trinajstić information content (AvgIpc) is 2.91. The topological polar surface area (TPSA) is 55.1 Å². The van der Waals surface area contributed by atoms with Crippen molar-refractivity contribution in [3.63, 3.8) is 0 Å². The van der Waals surface area contributed by atoms with Crippen molar-refractivity contribution in [1.29, 1.82) is 0 Å². The van der Waals surface area contributed by atoms with E-state index < -0.39 is 0 Å². The fourth-order valence-electron chi connectivity index (χ4n) is 3.23. The second-order valence-electron chi connectivity index (χ2n) is 6.17. The molecule has 0 bridgehead atoms. The quantitative estimate of drug-likeness (QED) is 0.811. The van der Waals surface area contributed by atoms with E-state index in [4.69, 9.17) is 5.73 Å². The molecule has 0 aliphatic heterocycles. The van der Waals surface area contributed by atoms with Gasteiger partial charge in [-0.1, -0.05) is 19.3 Å². The van der Waals surface area contributed by atoms with Gasteiger partial charge in [0.05, 0.1) is 0 Å². The zero-order chi connectivity index (χ0) is 15.1. The standard InChI is InChI=1S/C17H28N2OS/c1-13-10-11-15(21-13)8-5-9-17(20)19-16(12-18)14-6-3-2-4-7-14/h10-11,14,16H,2-9,12,18H2,1H3,(H,19,20). The van der Waals surface area contributed by atoms with Gasteiger partial charge in [0, 0.05) is 28.8 Å². The molecule has 1 amide bonds. The largest absolute Gasteiger partial charge is 0.352 e. The predicted molar refractivity (Wildman–Crippen MR) is 89.6 cm³/mol. The Bertz CT molecular complexity index is 438. The van der Waals surface area contributed by atoms with Crippen LogP contribution < -0.4 is 11.1 Å². The molecule has 0 spiro atoms. The highest BCUT2D eigenvalue weighted by Gasteiger charge is 2.23. The molecule has 2 rings (SSSR count). The third-order valence-corrected chi connectivity index (χ3v) is 5.50. The number of aryl methyl sites for hydroxylation is 2. The fourth-order valence-corrected chi connectivity index (χ4v) is 4.16. The van der Waals surface area contributed by atoms with E-state index in [0.29, 0.717) is 18.9 Å². The Morgan fingerprint density at radius 3 is 2.76 bits per heavy atom. The van der Waals surface area contributed by atoms with Crippen molar-refractivity contribution in [2.75, 3.05) is 6.54 Å². The molecule has 21 heavy (non-hydrogen) atoms. The third kappa shape index (κ3) is 5.44. The number of nitrogens with one attached hydrogen (secondary N) is 1. The molecule has 1 aromatic heterocycles. The summed E-state index contributed by atoms with van der Waals surface area (Å²) >= 11 is 1.83. The first-order valence-corrected chi connectivity index (χ1v) is 9.05. The van der Waals surface area contributed by atoms with E-state index in [-0.39, 0.29) is 11.9 Å². The van der Waals surface area contributed by atoms with E-state index in [1.807, 2.05) is 11.3 Å². The maximum Gasteiger partial charge on any atom is 0.220 e. The Balaban J connectivity index is 1.69. The molecule has 118 valence electrons. The zero-order valence-corrected chi connectivity index (χ0v) is 13.9. The van der Waals surface area contributed by atoms with Crippen molar-refractivity contribution < 1.29 is 4.79 Å². The molecule has 1 saturated carbocycles. The van der Waals surface area contributed by atoms with E-state index in [0.717, 1.165) is 12.8 Å². The molecule has 1 fully saturated rings. The summed E-state index contributed by atoms with van der Waals surface area (Å²) in [7, 11) is 0. The summed E-state index contributed by atoms with van der Waals surface area (Å²) in [6.45, 7) is 2.69. The minimum Gasteiger partial charge on any atom is -0.352 e. The van der Waals surface area contributed by atoms with Crippen LogP contribution in [-0.4, -0.2) is 18.5 Å². The van der Waals surface area contributed by atoms with Gasteiger partial charge in [-0.15, -0.1) is 11.3 Å². The van der Waals surface area contributed by atoms with Crippen molar-refractivity contribution >= 4 is 17.2 Å². The Morgan fingerprint density at radius 2 is 2.14 bits per heavy atom. The summed E-state index contributed by atoms with van der Waals surface area (Å²) in [6.07, 6.45) is 8.88. The first-order chi connectivity index (χ1) is 10.2. The Hall–Kier alpha value is -0.870. The molecular formula is C17H28N2OS. The van der Waals surface area contributed by atoms with Gasteiger partial charge in [0.2, 0.25) is 5.91 Å². The van der Waals surface area contributed by atoms with Gasteiger partial charge in [-0.25, -0.2) is 0 Å². The van der Waals surface area contributed by atoms with Crippen molar-refractivity contribution in [2.45, 2.75) is 64.3 Å². The van der Waals surface area contributed by atoms with E-state index >= 15 is 0 Å². The van der Waals surface area contributed by atoms with Crippen molar-refractivity contribution in [3.05, 3.63) is 21.9 Å². The van der Waals surface area contributed by atoms with Gasteiger partial charge in [-0.2, -0.15) is 0 Å². The molecule has 3 nitrogen and oxygen atoms in total. The lowest BCUT2D eigenvalue weighted by atomic mass is 9.84. The highest BCUT2D eigenvalue weighted by molar-refractivity contribution is 7.11. The molecule has 1 atom stereocenters. The monoisotopic (exact) mass is 308 g/mol. The maximum atomic E-state index is 12.1. The number of carbonyl (C=O) groups excluding carboxylic acids is 1. The molecule has 1 heterocycles. The van der Waals surface area contributed by atoms with Gasteiger partial charge in [-0.05, 0) is 50.7 Å². The molecule has 1 aliphatic rings. The average molecular weight is 308 g/mol. The van der Waals surface area contributed by atoms with Gasteiger partial charge in [-0.3, -0.25) is 4.79 Å². The Morgan fingerprint density at radius 1 is 1.38 bits per heavy atom. The number of nitrogens with two attached hydrogens (primary N) is 1. The van der Waals surface area contributed by atoms with Crippen LogP contribution in [0.25, 0.3) is 0 Å². The van der Waals surface area contributed by atoms with Crippen molar-refractivity contribution in [2.24, 2.45) is 11.7 Å². The van der Waals surface area contributed by atoms with Gasteiger partial charge in [0.1, 0.15) is 0 Å². The van der Waals surface area contributed by atoms with Crippen molar-refractivity contribution in [3.8, 4) is 0 Å². The second kappa shape index (κ2) is 8.54. The van der Waals surface area contributed by atoms with Crippen LogP contribution in [-0.2, 0) is 11.2 Å². The number of hydrogen-bond acceptors (Lipinski definition) is 3. The second-order valence-corrected chi connectivity index (χ2v) is 7.55. The molecule has 3 N–H and O–H groups in total. The molecule has 0 saturated heterocycles. The highest BCUT2D eigenvalue weighted by atomic mass is 32.1. The van der Waals surface area contributed by atoms with Crippen LogP contribution in [0.3, 0.4) is 0 Å². The molecular weight excluding hydrogens is 280 g/mol. The molecule has 0 aromatic carbocycles. The van der Waals surface area contributed by atoms with E-state index in [1.54, 1.807) is 0 Å². The first kappa shape index (κ1) is 16.5. The summed E-state index contributed by atoms with van der Waals surface area (Å²) in [4.78, 5) is 14.8. The minimum atomic E-state index is 0.171. The lowest BCUT2D eigenvalue weighted by molar-refractivity contribution is -0.122. The van der Waals surface area contributed by atoms with Crippen LogP contribution in [0, 0.1) is 12.8 Å². The normalized spacial score (nSPS) is 17.6. The predicted octanol–water partition coefficient (Wildman–Crippen LogP) is 3.40. The lowest BCUT2D eigenvalue weighted by Crippen LogP contribution is -2.45. The number of hydrogen-bond donors (Lipinski definition) is 2. The Labute approximate surface area is 132 Å². The van der Waals surface area contributed by atoms with E-state index in [1.165, 1.54) is 41.9 Å². The zero-order valence-electron chi connectivity index (χ0n) is 13.1. The molecule has 4 heteroatoms. The van der Waals surface area contributed by atoms with Crippen LogP contribution in [0.1, 0.15) is 54.7 Å². The number of rotatable bonds is 7. The molecule has 0 radical (unpaired) electrons. The fraction of sp³-hybridized carbons (Fsp3) is 0.706. The summed E-state index contributed by atoms with van der Waals surface area (Å²) in [6, 6.07) is 4.50. The van der Waals surface area contributed by atoms with Crippen LogP contribution in [0.2, 0.25) is 0 Å². The number of thiophene rings is 1. The van der Waals surface area contributed by atoms with E-state index in [9.17, 15) is 4.79 Å². The van der Waals surface area contributed by atoms with E-state index in [2.05, 4.69) is 24.4 Å².